The molecule has 0 amide bonds. The number of carbonyl (C=O) groups excluding carboxylic acids is 1. The molecule has 0 bridgehead atoms. The summed E-state index contributed by atoms with van der Waals surface area (Å²) in [6, 6.07) is 7.71. The molecule has 0 aliphatic rings. The molecule has 0 radical (unpaired) electrons. The molecule has 100 valence electrons. The number of hydrogen-bond donors (Lipinski definition) is 0. The van der Waals surface area contributed by atoms with E-state index in [0.29, 0.717) is 22.6 Å². The van der Waals surface area contributed by atoms with E-state index in [1.54, 1.807) is 18.2 Å². The molecule has 0 saturated heterocycles. The summed E-state index contributed by atoms with van der Waals surface area (Å²) in [5.41, 5.74) is 0.820. The van der Waals surface area contributed by atoms with Crippen LogP contribution in [0.1, 0.15) is 10.6 Å². The summed E-state index contributed by atoms with van der Waals surface area (Å²) in [4.78, 5) is 10.6. The number of nitrogens with zero attached hydrogens (tertiary/aromatic N) is 2. The monoisotopic (exact) mass is 290 g/mol. The van der Waals surface area contributed by atoms with Crippen LogP contribution in [0.15, 0.2) is 47.1 Å². The molecule has 0 aliphatic heterocycles. The molecule has 4 nitrogen and oxygen atoms in total. The van der Waals surface area contributed by atoms with Gasteiger partial charge in [-0.15, -0.1) is 0 Å². The van der Waals surface area contributed by atoms with Gasteiger partial charge in [-0.05, 0) is 30.3 Å². The molecule has 3 aromatic rings. The summed E-state index contributed by atoms with van der Waals surface area (Å²) >= 11 is 5.75. The molecule has 6 heteroatoms. The molecule has 1 aromatic carbocycles. The SMILES string of the molecule is O=Cc1ccc(-c2ccc(-n3cc(Cl)cn3)c(F)c2)o1. The maximum Gasteiger partial charge on any atom is 0.185 e. The first kappa shape index (κ1) is 12.6. The first-order valence-electron chi connectivity index (χ1n) is 5.73. The van der Waals surface area contributed by atoms with E-state index < -0.39 is 5.82 Å². The van der Waals surface area contributed by atoms with E-state index in [-0.39, 0.29) is 11.4 Å². The Hall–Kier alpha value is -2.40. The molecule has 2 heterocycles. The summed E-state index contributed by atoms with van der Waals surface area (Å²) in [5, 5.41) is 4.37. The van der Waals surface area contributed by atoms with Crippen LogP contribution in [0.3, 0.4) is 0 Å². The number of halogens is 2. The normalized spacial score (nSPS) is 10.7. The minimum Gasteiger partial charge on any atom is -0.453 e. The lowest BCUT2D eigenvalue weighted by Crippen LogP contribution is -1.98. The second-order valence-corrected chi connectivity index (χ2v) is 4.53. The van der Waals surface area contributed by atoms with Crippen molar-refractivity contribution in [2.24, 2.45) is 0 Å². The first-order valence-corrected chi connectivity index (χ1v) is 6.10. The van der Waals surface area contributed by atoms with E-state index in [4.69, 9.17) is 16.0 Å². The molecule has 2 aromatic heterocycles. The molecule has 0 unspecified atom stereocenters. The minimum atomic E-state index is -0.466. The van der Waals surface area contributed by atoms with Crippen molar-refractivity contribution in [3.05, 3.63) is 59.3 Å². The highest BCUT2D eigenvalue weighted by Gasteiger charge is 2.10. The van der Waals surface area contributed by atoms with Gasteiger partial charge >= 0.3 is 0 Å². The Labute approximate surface area is 118 Å². The van der Waals surface area contributed by atoms with Crippen LogP contribution < -0.4 is 0 Å². The second kappa shape index (κ2) is 4.94. The number of carbonyl (C=O) groups is 1. The summed E-state index contributed by atoms with van der Waals surface area (Å²) < 4.78 is 20.7. The van der Waals surface area contributed by atoms with E-state index in [9.17, 15) is 9.18 Å². The Bertz CT molecular complexity index is 779. The van der Waals surface area contributed by atoms with Crippen molar-refractivity contribution in [3.8, 4) is 17.0 Å². The zero-order valence-corrected chi connectivity index (χ0v) is 10.8. The quantitative estimate of drug-likeness (QED) is 0.690. The van der Waals surface area contributed by atoms with Gasteiger partial charge in [0.15, 0.2) is 12.0 Å². The van der Waals surface area contributed by atoms with Crippen LogP contribution in [0.5, 0.6) is 0 Å². The van der Waals surface area contributed by atoms with Crippen LogP contribution in [0.25, 0.3) is 17.0 Å². The van der Waals surface area contributed by atoms with Gasteiger partial charge in [0.25, 0.3) is 0 Å². The highest BCUT2D eigenvalue weighted by Crippen LogP contribution is 2.25. The molecule has 0 aliphatic carbocycles. The smallest absolute Gasteiger partial charge is 0.185 e. The van der Waals surface area contributed by atoms with Crippen LogP contribution in [-0.4, -0.2) is 16.1 Å². The standard InChI is InChI=1S/C14H8ClFN2O2/c15-10-6-17-18(7-10)13-3-1-9(5-12(13)16)14-4-2-11(8-19)20-14/h1-8H. The Morgan fingerprint density at radius 1 is 1.30 bits per heavy atom. The van der Waals surface area contributed by atoms with Crippen molar-refractivity contribution in [1.29, 1.82) is 0 Å². The van der Waals surface area contributed by atoms with Crippen molar-refractivity contribution in [3.63, 3.8) is 0 Å². The van der Waals surface area contributed by atoms with E-state index >= 15 is 0 Å². The molecular formula is C14H8ClFN2O2. The maximum atomic E-state index is 14.1. The molecule has 20 heavy (non-hydrogen) atoms. The summed E-state index contributed by atoms with van der Waals surface area (Å²) in [7, 11) is 0. The summed E-state index contributed by atoms with van der Waals surface area (Å²) in [5.74, 6) is 0.158. The van der Waals surface area contributed by atoms with Crippen LogP contribution >= 0.6 is 11.6 Å². The molecule has 0 N–H and O–H groups in total. The predicted octanol–water partition coefficient (Wildman–Crippen LogP) is 3.74. The zero-order chi connectivity index (χ0) is 14.1. The lowest BCUT2D eigenvalue weighted by Gasteiger charge is -2.04. The van der Waals surface area contributed by atoms with Crippen LogP contribution in [0, 0.1) is 5.82 Å². The Kier molecular flexibility index (Phi) is 3.12. The topological polar surface area (TPSA) is 48.0 Å². The van der Waals surface area contributed by atoms with Gasteiger partial charge in [0.1, 0.15) is 17.3 Å². The second-order valence-electron chi connectivity index (χ2n) is 4.09. The third kappa shape index (κ3) is 2.23. The fourth-order valence-electron chi connectivity index (χ4n) is 1.85. The van der Waals surface area contributed by atoms with Crippen LogP contribution in [0.4, 0.5) is 4.39 Å². The number of furan rings is 1. The fraction of sp³-hybridized carbons (Fsp3) is 0. The van der Waals surface area contributed by atoms with Crippen molar-refractivity contribution >= 4 is 17.9 Å². The molecular weight excluding hydrogens is 283 g/mol. The number of hydrogen-bond acceptors (Lipinski definition) is 3. The maximum absolute atomic E-state index is 14.1. The van der Waals surface area contributed by atoms with E-state index in [0.717, 1.165) is 0 Å². The van der Waals surface area contributed by atoms with E-state index in [1.807, 2.05) is 0 Å². The van der Waals surface area contributed by atoms with E-state index in [1.165, 1.54) is 29.2 Å². The van der Waals surface area contributed by atoms with Gasteiger partial charge in [-0.3, -0.25) is 4.79 Å². The van der Waals surface area contributed by atoms with Gasteiger partial charge in [0, 0.05) is 11.8 Å². The van der Waals surface area contributed by atoms with Gasteiger partial charge in [-0.1, -0.05) is 11.6 Å². The highest BCUT2D eigenvalue weighted by molar-refractivity contribution is 6.30. The van der Waals surface area contributed by atoms with Gasteiger partial charge in [0.2, 0.25) is 0 Å². The van der Waals surface area contributed by atoms with Gasteiger partial charge in [-0.2, -0.15) is 5.10 Å². The van der Waals surface area contributed by atoms with Crippen molar-refractivity contribution < 1.29 is 13.6 Å². The van der Waals surface area contributed by atoms with Gasteiger partial charge in [-0.25, -0.2) is 9.07 Å². The molecule has 0 fully saturated rings. The van der Waals surface area contributed by atoms with Crippen molar-refractivity contribution in [2.75, 3.05) is 0 Å². The fourth-order valence-corrected chi connectivity index (χ4v) is 1.99. The number of aldehydes is 1. The Morgan fingerprint density at radius 3 is 2.75 bits per heavy atom. The number of aromatic nitrogens is 2. The van der Waals surface area contributed by atoms with Crippen LogP contribution in [0.2, 0.25) is 5.02 Å². The minimum absolute atomic E-state index is 0.198. The number of rotatable bonds is 3. The summed E-state index contributed by atoms with van der Waals surface area (Å²) in [6.07, 6.45) is 3.54. The van der Waals surface area contributed by atoms with Gasteiger partial charge in [0.05, 0.1) is 11.2 Å². The molecule has 0 atom stereocenters. The Balaban J connectivity index is 2.00. The number of benzene rings is 1. The third-order valence-electron chi connectivity index (χ3n) is 2.77. The van der Waals surface area contributed by atoms with Gasteiger partial charge < -0.3 is 4.42 Å². The lowest BCUT2D eigenvalue weighted by atomic mass is 10.1. The van der Waals surface area contributed by atoms with Crippen molar-refractivity contribution in [1.82, 2.24) is 9.78 Å². The third-order valence-corrected chi connectivity index (χ3v) is 2.97. The molecule has 0 spiro atoms. The highest BCUT2D eigenvalue weighted by atomic mass is 35.5. The largest absolute Gasteiger partial charge is 0.453 e. The zero-order valence-electron chi connectivity index (χ0n) is 10.1. The summed E-state index contributed by atoms with van der Waals surface area (Å²) in [6.45, 7) is 0. The van der Waals surface area contributed by atoms with Crippen LogP contribution in [-0.2, 0) is 0 Å². The first-order chi connectivity index (χ1) is 9.67. The predicted molar refractivity (Wildman–Crippen MR) is 71.6 cm³/mol. The Morgan fingerprint density at radius 2 is 2.15 bits per heavy atom. The lowest BCUT2D eigenvalue weighted by molar-refractivity contribution is 0.110. The van der Waals surface area contributed by atoms with E-state index in [2.05, 4.69) is 5.10 Å². The average molecular weight is 291 g/mol. The van der Waals surface area contributed by atoms with Crippen molar-refractivity contribution in [2.45, 2.75) is 0 Å². The molecule has 3 rings (SSSR count). The average Bonchev–Trinajstić information content (AvgIpc) is 3.07. The molecule has 0 saturated carbocycles.